The van der Waals surface area contributed by atoms with Crippen LogP contribution in [0, 0.1) is 11.3 Å². The molecule has 0 atom stereocenters. The molecule has 1 aromatic heterocycles. The SMILES string of the molecule is N#Cc1ccc(-c2ccc(-c3ccc4cc(-c5ccc(-c6cc(-c7ccccc7)nc(-c7ccccc7)n6)cc5)ccc4c3)cc2)cc1. The van der Waals surface area contributed by atoms with Gasteiger partial charge >= 0.3 is 0 Å². The lowest BCUT2D eigenvalue weighted by Gasteiger charge is -2.11. The van der Waals surface area contributed by atoms with Gasteiger partial charge in [0, 0.05) is 16.7 Å². The molecule has 3 nitrogen and oxygen atoms in total. The minimum Gasteiger partial charge on any atom is -0.228 e. The maximum Gasteiger partial charge on any atom is 0.160 e. The summed E-state index contributed by atoms with van der Waals surface area (Å²) in [7, 11) is 0. The van der Waals surface area contributed by atoms with Crippen molar-refractivity contribution in [2.24, 2.45) is 0 Å². The molecular formula is C45H29N3. The van der Waals surface area contributed by atoms with Crippen LogP contribution in [0.1, 0.15) is 5.56 Å². The first-order valence-corrected chi connectivity index (χ1v) is 16.0. The second-order valence-electron chi connectivity index (χ2n) is 11.8. The van der Waals surface area contributed by atoms with E-state index in [1.807, 2.05) is 60.7 Å². The van der Waals surface area contributed by atoms with Crippen molar-refractivity contribution >= 4 is 10.8 Å². The Labute approximate surface area is 280 Å². The van der Waals surface area contributed by atoms with E-state index in [1.165, 1.54) is 27.5 Å². The lowest BCUT2D eigenvalue weighted by molar-refractivity contribution is 1.18. The third-order valence-electron chi connectivity index (χ3n) is 8.75. The lowest BCUT2D eigenvalue weighted by atomic mass is 9.96. The van der Waals surface area contributed by atoms with Crippen LogP contribution in [0.2, 0.25) is 0 Å². The number of nitrogens with zero attached hydrogens (tertiary/aromatic N) is 3. The first kappa shape index (κ1) is 28.8. The molecule has 3 heteroatoms. The molecule has 8 rings (SSSR count). The fourth-order valence-electron chi connectivity index (χ4n) is 6.10. The molecule has 0 fully saturated rings. The summed E-state index contributed by atoms with van der Waals surface area (Å²) in [5.41, 5.74) is 12.5. The Hall–Kier alpha value is -6.63. The van der Waals surface area contributed by atoms with Crippen LogP contribution >= 0.6 is 0 Å². The molecule has 7 aromatic carbocycles. The van der Waals surface area contributed by atoms with Crippen molar-refractivity contribution in [2.75, 3.05) is 0 Å². The monoisotopic (exact) mass is 611 g/mol. The number of fused-ring (bicyclic) bond motifs is 1. The number of aromatic nitrogens is 2. The number of hydrogen-bond acceptors (Lipinski definition) is 3. The molecule has 0 saturated heterocycles. The summed E-state index contributed by atoms with van der Waals surface area (Å²) in [6.45, 7) is 0. The topological polar surface area (TPSA) is 49.6 Å². The third-order valence-corrected chi connectivity index (χ3v) is 8.75. The highest BCUT2D eigenvalue weighted by molar-refractivity contribution is 5.91. The summed E-state index contributed by atoms with van der Waals surface area (Å²) >= 11 is 0. The van der Waals surface area contributed by atoms with E-state index in [9.17, 15) is 0 Å². The molecule has 0 unspecified atom stereocenters. The Morgan fingerprint density at radius 3 is 1.19 bits per heavy atom. The van der Waals surface area contributed by atoms with Crippen molar-refractivity contribution in [3.05, 3.63) is 181 Å². The van der Waals surface area contributed by atoms with E-state index in [4.69, 9.17) is 15.2 Å². The van der Waals surface area contributed by atoms with E-state index in [0.717, 1.165) is 44.8 Å². The van der Waals surface area contributed by atoms with Gasteiger partial charge in [0.1, 0.15) is 0 Å². The maximum absolute atomic E-state index is 9.08. The van der Waals surface area contributed by atoms with E-state index >= 15 is 0 Å². The van der Waals surface area contributed by atoms with Gasteiger partial charge in [0.15, 0.2) is 5.82 Å². The van der Waals surface area contributed by atoms with E-state index in [1.54, 1.807) is 0 Å². The molecule has 0 N–H and O–H groups in total. The first-order chi connectivity index (χ1) is 23.7. The number of rotatable bonds is 6. The number of hydrogen-bond donors (Lipinski definition) is 0. The van der Waals surface area contributed by atoms with Gasteiger partial charge in [0.05, 0.1) is 23.0 Å². The highest BCUT2D eigenvalue weighted by Gasteiger charge is 2.11. The summed E-state index contributed by atoms with van der Waals surface area (Å²) in [5, 5.41) is 11.5. The van der Waals surface area contributed by atoms with E-state index in [0.29, 0.717) is 11.4 Å². The molecule has 0 bridgehead atoms. The van der Waals surface area contributed by atoms with Gasteiger partial charge in [-0.15, -0.1) is 0 Å². The van der Waals surface area contributed by atoms with Gasteiger partial charge in [-0.3, -0.25) is 0 Å². The average molecular weight is 612 g/mol. The molecule has 0 radical (unpaired) electrons. The van der Waals surface area contributed by atoms with E-state index < -0.39 is 0 Å². The summed E-state index contributed by atoms with van der Waals surface area (Å²) < 4.78 is 0. The zero-order chi connectivity index (χ0) is 32.3. The Kier molecular flexibility index (Phi) is 7.59. The van der Waals surface area contributed by atoms with Gasteiger partial charge < -0.3 is 0 Å². The zero-order valence-corrected chi connectivity index (χ0v) is 26.1. The molecule has 0 amide bonds. The minimum absolute atomic E-state index is 0.671. The van der Waals surface area contributed by atoms with Crippen molar-refractivity contribution in [3.63, 3.8) is 0 Å². The van der Waals surface area contributed by atoms with Gasteiger partial charge in [-0.1, -0.05) is 146 Å². The van der Waals surface area contributed by atoms with Crippen LogP contribution in [0.3, 0.4) is 0 Å². The quantitative estimate of drug-likeness (QED) is 0.188. The van der Waals surface area contributed by atoms with E-state index in [-0.39, 0.29) is 0 Å². The van der Waals surface area contributed by atoms with Gasteiger partial charge in [-0.05, 0) is 74.5 Å². The molecule has 0 aliphatic heterocycles. The molecule has 48 heavy (non-hydrogen) atoms. The normalized spacial score (nSPS) is 10.9. The van der Waals surface area contributed by atoms with Crippen LogP contribution in [-0.4, -0.2) is 9.97 Å². The number of benzene rings is 7. The molecule has 1 heterocycles. The van der Waals surface area contributed by atoms with Gasteiger partial charge in [0.2, 0.25) is 0 Å². The van der Waals surface area contributed by atoms with Crippen LogP contribution in [0.4, 0.5) is 0 Å². The highest BCUT2D eigenvalue weighted by Crippen LogP contribution is 2.32. The smallest absolute Gasteiger partial charge is 0.160 e. The Balaban J connectivity index is 1.06. The Bertz CT molecular complexity index is 2350. The summed E-state index contributed by atoms with van der Waals surface area (Å²) in [6.07, 6.45) is 0. The van der Waals surface area contributed by atoms with Crippen molar-refractivity contribution in [3.8, 4) is 73.4 Å². The molecule has 0 spiro atoms. The van der Waals surface area contributed by atoms with Crippen molar-refractivity contribution < 1.29 is 0 Å². The molecule has 0 saturated carbocycles. The average Bonchev–Trinajstić information content (AvgIpc) is 3.18. The van der Waals surface area contributed by atoms with Crippen LogP contribution < -0.4 is 0 Å². The predicted octanol–water partition coefficient (Wildman–Crippen LogP) is 11.5. The van der Waals surface area contributed by atoms with Crippen molar-refractivity contribution in [2.45, 2.75) is 0 Å². The largest absolute Gasteiger partial charge is 0.228 e. The van der Waals surface area contributed by atoms with Crippen molar-refractivity contribution in [1.82, 2.24) is 9.97 Å². The number of nitriles is 1. The summed E-state index contributed by atoms with van der Waals surface area (Å²) in [4.78, 5) is 9.90. The van der Waals surface area contributed by atoms with Crippen LogP contribution in [0.25, 0.3) is 78.1 Å². The Morgan fingerprint density at radius 2 is 0.708 bits per heavy atom. The van der Waals surface area contributed by atoms with Crippen LogP contribution in [-0.2, 0) is 0 Å². The standard InChI is InChI=1S/C45H29N3/c46-30-31-11-13-32(14-12-31)33-15-17-34(18-16-33)39-23-25-42-28-40(24-26-41(42)27-39)35-19-21-37(22-20-35)44-29-43(36-7-3-1-4-8-36)47-45(48-44)38-9-5-2-6-10-38/h1-29H. The van der Waals surface area contributed by atoms with E-state index in [2.05, 4.69) is 121 Å². The van der Waals surface area contributed by atoms with Gasteiger partial charge in [0.25, 0.3) is 0 Å². The summed E-state index contributed by atoms with van der Waals surface area (Å²) in [6, 6.07) is 62.9. The van der Waals surface area contributed by atoms with Gasteiger partial charge in [-0.2, -0.15) is 5.26 Å². The molecule has 8 aromatic rings. The van der Waals surface area contributed by atoms with Crippen molar-refractivity contribution in [1.29, 1.82) is 5.26 Å². The zero-order valence-electron chi connectivity index (χ0n) is 26.1. The lowest BCUT2D eigenvalue weighted by Crippen LogP contribution is -1.95. The molecule has 224 valence electrons. The maximum atomic E-state index is 9.08. The molecular weight excluding hydrogens is 583 g/mol. The fourth-order valence-corrected chi connectivity index (χ4v) is 6.10. The van der Waals surface area contributed by atoms with Crippen LogP contribution in [0.5, 0.6) is 0 Å². The predicted molar refractivity (Wildman–Crippen MR) is 197 cm³/mol. The summed E-state index contributed by atoms with van der Waals surface area (Å²) in [5.74, 6) is 0.715. The second-order valence-corrected chi connectivity index (χ2v) is 11.8. The molecule has 0 aliphatic rings. The first-order valence-electron chi connectivity index (χ1n) is 16.0. The van der Waals surface area contributed by atoms with Gasteiger partial charge in [-0.25, -0.2) is 9.97 Å². The molecule has 0 aliphatic carbocycles. The minimum atomic E-state index is 0.671. The third kappa shape index (κ3) is 5.87. The highest BCUT2D eigenvalue weighted by atomic mass is 14.9. The second kappa shape index (κ2) is 12.6. The van der Waals surface area contributed by atoms with Crippen LogP contribution in [0.15, 0.2) is 176 Å². The fraction of sp³-hybridized carbons (Fsp3) is 0. The Morgan fingerprint density at radius 1 is 0.333 bits per heavy atom.